The molecular formula is C21H25N3O6S. The molecule has 1 saturated heterocycles. The van der Waals surface area contributed by atoms with Gasteiger partial charge in [-0.2, -0.15) is 0 Å². The number of nitrogens with zero attached hydrogens (tertiary/aromatic N) is 3. The van der Waals surface area contributed by atoms with Crippen LogP contribution in [0.25, 0.3) is 17.3 Å². The van der Waals surface area contributed by atoms with Crippen LogP contribution in [0.4, 0.5) is 0 Å². The number of furan rings is 1. The maximum Gasteiger partial charge on any atom is 0.204 e. The monoisotopic (exact) mass is 447 g/mol. The number of aryl methyl sites for hydroxylation is 2. The van der Waals surface area contributed by atoms with Gasteiger partial charge in [-0.05, 0) is 44.0 Å². The number of rotatable bonds is 6. The van der Waals surface area contributed by atoms with E-state index >= 15 is 0 Å². The van der Waals surface area contributed by atoms with Crippen molar-refractivity contribution in [3.05, 3.63) is 47.5 Å². The maximum atomic E-state index is 13.2. The molecule has 1 aliphatic rings. The van der Waals surface area contributed by atoms with Crippen LogP contribution in [-0.4, -0.2) is 60.0 Å². The second-order valence-corrected chi connectivity index (χ2v) is 9.81. The SMILES string of the molecule is COc1cccc(C)c1-n1c(CS(=O)(=O)[C@@H]2COCC[C@H]2O)nnc1-c1ccc(C)o1. The standard InChI is InChI=1S/C21H25N3O6S/c1-13-5-4-6-16(28-3)20(13)24-19(22-23-21(24)17-8-7-14(2)30-17)12-31(26,27)18-11-29-10-9-15(18)25/h4-8,15,18,25H,9-12H2,1-3H3/t15-,18-/m1/s1. The third-order valence-corrected chi connectivity index (χ3v) is 7.43. The first-order valence-corrected chi connectivity index (χ1v) is 11.7. The fourth-order valence-electron chi connectivity index (χ4n) is 3.77. The largest absolute Gasteiger partial charge is 0.495 e. The van der Waals surface area contributed by atoms with Crippen molar-refractivity contribution in [1.82, 2.24) is 14.8 Å². The summed E-state index contributed by atoms with van der Waals surface area (Å²) in [6.07, 6.45) is -0.700. The molecule has 31 heavy (non-hydrogen) atoms. The van der Waals surface area contributed by atoms with Gasteiger partial charge in [0, 0.05) is 6.61 Å². The van der Waals surface area contributed by atoms with Crippen molar-refractivity contribution in [2.24, 2.45) is 0 Å². The summed E-state index contributed by atoms with van der Waals surface area (Å²) in [5, 5.41) is 17.7. The average Bonchev–Trinajstić information content (AvgIpc) is 3.33. The van der Waals surface area contributed by atoms with Crippen LogP contribution in [0.1, 0.15) is 23.6 Å². The van der Waals surface area contributed by atoms with Gasteiger partial charge in [-0.15, -0.1) is 10.2 Å². The molecule has 0 spiro atoms. The van der Waals surface area contributed by atoms with Crippen LogP contribution in [0.5, 0.6) is 5.75 Å². The van der Waals surface area contributed by atoms with Gasteiger partial charge in [0.2, 0.25) is 5.82 Å². The number of para-hydroxylation sites is 1. The average molecular weight is 448 g/mol. The minimum absolute atomic E-state index is 0.0461. The van der Waals surface area contributed by atoms with Crippen molar-refractivity contribution in [3.63, 3.8) is 0 Å². The first kappa shape index (κ1) is 21.5. The van der Waals surface area contributed by atoms with Crippen LogP contribution in [-0.2, 0) is 20.3 Å². The molecule has 4 rings (SSSR count). The molecule has 0 amide bonds. The number of aromatic nitrogens is 3. The Morgan fingerprint density at radius 1 is 1.23 bits per heavy atom. The summed E-state index contributed by atoms with van der Waals surface area (Å²) in [5.74, 6) is 1.85. The Balaban J connectivity index is 1.86. The van der Waals surface area contributed by atoms with E-state index in [-0.39, 0.29) is 18.9 Å². The number of sulfone groups is 1. The molecule has 3 aromatic rings. The zero-order chi connectivity index (χ0) is 22.2. The molecule has 1 aliphatic heterocycles. The summed E-state index contributed by atoms with van der Waals surface area (Å²) >= 11 is 0. The Labute approximate surface area is 180 Å². The highest BCUT2D eigenvalue weighted by atomic mass is 32.2. The molecule has 3 heterocycles. The van der Waals surface area contributed by atoms with Crippen molar-refractivity contribution < 1.29 is 27.4 Å². The lowest BCUT2D eigenvalue weighted by molar-refractivity contribution is 0.0175. The Morgan fingerprint density at radius 2 is 2.03 bits per heavy atom. The van der Waals surface area contributed by atoms with Crippen molar-refractivity contribution in [1.29, 1.82) is 0 Å². The molecule has 0 bridgehead atoms. The highest BCUT2D eigenvalue weighted by Crippen LogP contribution is 2.33. The van der Waals surface area contributed by atoms with Crippen molar-refractivity contribution in [2.45, 2.75) is 37.4 Å². The van der Waals surface area contributed by atoms with Gasteiger partial charge in [-0.1, -0.05) is 12.1 Å². The van der Waals surface area contributed by atoms with E-state index in [1.54, 1.807) is 29.9 Å². The van der Waals surface area contributed by atoms with E-state index in [4.69, 9.17) is 13.9 Å². The molecule has 1 N–H and O–H groups in total. The minimum atomic E-state index is -3.78. The summed E-state index contributed by atoms with van der Waals surface area (Å²) in [4.78, 5) is 0. The van der Waals surface area contributed by atoms with E-state index in [2.05, 4.69) is 10.2 Å². The Morgan fingerprint density at radius 3 is 2.71 bits per heavy atom. The number of hydrogen-bond acceptors (Lipinski definition) is 8. The molecule has 166 valence electrons. The first-order chi connectivity index (χ1) is 14.8. The molecule has 0 unspecified atom stereocenters. The molecular weight excluding hydrogens is 422 g/mol. The van der Waals surface area contributed by atoms with Crippen molar-refractivity contribution >= 4 is 9.84 Å². The normalized spacial score (nSPS) is 19.5. The quantitative estimate of drug-likeness (QED) is 0.611. The van der Waals surface area contributed by atoms with E-state index in [0.717, 1.165) is 5.56 Å². The zero-order valence-corrected chi connectivity index (χ0v) is 18.4. The van der Waals surface area contributed by atoms with Crippen molar-refractivity contribution in [2.75, 3.05) is 20.3 Å². The summed E-state index contributed by atoms with van der Waals surface area (Å²) < 4.78 is 44.6. The smallest absolute Gasteiger partial charge is 0.204 e. The van der Waals surface area contributed by atoms with E-state index in [1.807, 2.05) is 26.0 Å². The lowest BCUT2D eigenvalue weighted by atomic mass is 10.1. The fourth-order valence-corrected chi connectivity index (χ4v) is 5.45. The highest BCUT2D eigenvalue weighted by Gasteiger charge is 2.37. The second-order valence-electron chi connectivity index (χ2n) is 7.59. The summed E-state index contributed by atoms with van der Waals surface area (Å²) in [6.45, 7) is 4.00. The number of benzene rings is 1. The topological polar surface area (TPSA) is 117 Å². The van der Waals surface area contributed by atoms with Gasteiger partial charge in [0.15, 0.2) is 21.4 Å². The molecule has 0 aliphatic carbocycles. The molecule has 1 aromatic carbocycles. The summed E-state index contributed by atoms with van der Waals surface area (Å²) in [5.41, 5.74) is 1.48. The molecule has 10 heteroatoms. The van der Waals surface area contributed by atoms with E-state index in [0.29, 0.717) is 35.4 Å². The molecule has 1 fully saturated rings. The number of aliphatic hydroxyl groups is 1. The minimum Gasteiger partial charge on any atom is -0.495 e. The summed E-state index contributed by atoms with van der Waals surface area (Å²) in [6, 6.07) is 9.10. The maximum absolute atomic E-state index is 13.2. The van der Waals surface area contributed by atoms with Gasteiger partial charge >= 0.3 is 0 Å². The van der Waals surface area contributed by atoms with Gasteiger partial charge in [-0.3, -0.25) is 4.57 Å². The predicted molar refractivity (Wildman–Crippen MR) is 113 cm³/mol. The van der Waals surface area contributed by atoms with Crippen LogP contribution in [0.3, 0.4) is 0 Å². The Bertz CT molecular complexity index is 1180. The van der Waals surface area contributed by atoms with Crippen LogP contribution in [0.2, 0.25) is 0 Å². The van der Waals surface area contributed by atoms with Gasteiger partial charge < -0.3 is 19.0 Å². The number of hydrogen-bond donors (Lipinski definition) is 1. The lowest BCUT2D eigenvalue weighted by Gasteiger charge is -2.27. The van der Waals surface area contributed by atoms with Gasteiger partial charge in [0.05, 0.1) is 25.5 Å². The van der Waals surface area contributed by atoms with Gasteiger partial charge in [0.1, 0.15) is 22.5 Å². The van der Waals surface area contributed by atoms with Crippen LogP contribution < -0.4 is 4.74 Å². The Kier molecular flexibility index (Phi) is 5.87. The third kappa shape index (κ3) is 4.10. The number of ether oxygens (including phenoxy) is 2. The van der Waals surface area contributed by atoms with E-state index in [1.165, 1.54) is 0 Å². The van der Waals surface area contributed by atoms with Crippen molar-refractivity contribution in [3.8, 4) is 23.0 Å². The van der Waals surface area contributed by atoms with Crippen LogP contribution in [0, 0.1) is 13.8 Å². The highest BCUT2D eigenvalue weighted by molar-refractivity contribution is 7.91. The summed E-state index contributed by atoms with van der Waals surface area (Å²) in [7, 11) is -2.23. The van der Waals surface area contributed by atoms with E-state index in [9.17, 15) is 13.5 Å². The van der Waals surface area contributed by atoms with Gasteiger partial charge in [-0.25, -0.2) is 8.42 Å². The predicted octanol–water partition coefficient (Wildman–Crippen LogP) is 2.22. The first-order valence-electron chi connectivity index (χ1n) is 9.94. The fraction of sp³-hybridized carbons (Fsp3) is 0.429. The van der Waals surface area contributed by atoms with Crippen LogP contribution in [0.15, 0.2) is 34.7 Å². The molecule has 9 nitrogen and oxygen atoms in total. The molecule has 0 saturated carbocycles. The van der Waals surface area contributed by atoms with Crippen LogP contribution >= 0.6 is 0 Å². The third-order valence-electron chi connectivity index (χ3n) is 5.40. The van der Waals surface area contributed by atoms with Gasteiger partial charge in [0.25, 0.3) is 0 Å². The molecule has 2 aromatic heterocycles. The lowest BCUT2D eigenvalue weighted by Crippen LogP contribution is -2.43. The number of aliphatic hydroxyl groups excluding tert-OH is 1. The second kappa shape index (κ2) is 8.45. The zero-order valence-electron chi connectivity index (χ0n) is 17.6. The Hall–Kier alpha value is -2.69. The van der Waals surface area contributed by atoms with E-state index < -0.39 is 26.9 Å². The molecule has 2 atom stereocenters. The molecule has 0 radical (unpaired) electrons. The number of methoxy groups -OCH3 is 1.